The van der Waals surface area contributed by atoms with Gasteiger partial charge in [0.05, 0.1) is 13.2 Å². The number of nitrogens with two attached hydrogens (primary N) is 1. The van der Waals surface area contributed by atoms with Gasteiger partial charge >= 0.3 is 0 Å². The molecule has 17 heavy (non-hydrogen) atoms. The van der Waals surface area contributed by atoms with Gasteiger partial charge in [-0.25, -0.2) is 5.48 Å². The zero-order chi connectivity index (χ0) is 12.7. The summed E-state index contributed by atoms with van der Waals surface area (Å²) in [6.07, 6.45) is 0. The van der Waals surface area contributed by atoms with E-state index in [0.29, 0.717) is 13.2 Å². The normalized spacial score (nSPS) is 12.2. The monoisotopic (exact) mass is 238 g/mol. The van der Waals surface area contributed by atoms with Crippen LogP contribution < -0.4 is 11.2 Å². The number of nitrogens with one attached hydrogen (secondary N) is 1. The third-order valence-electron chi connectivity index (χ3n) is 2.28. The van der Waals surface area contributed by atoms with Crippen molar-refractivity contribution >= 4 is 5.91 Å². The van der Waals surface area contributed by atoms with E-state index in [1.807, 2.05) is 31.2 Å². The van der Waals surface area contributed by atoms with Crippen LogP contribution in [0.2, 0.25) is 0 Å². The minimum Gasteiger partial charge on any atom is -0.382 e. The Labute approximate surface area is 101 Å². The number of benzene rings is 1. The molecule has 1 aromatic rings. The lowest BCUT2D eigenvalue weighted by atomic mass is 10.1. The standard InChI is InChI=1S/C12H18N2O3/c1-9-3-5-10(6-4-9)11(13)12(15)14-17-8-7-16-2/h3-6,11H,7-8,13H2,1-2H3,(H,14,15). The molecule has 0 aliphatic heterocycles. The van der Waals surface area contributed by atoms with Crippen LogP contribution in [0, 0.1) is 6.92 Å². The molecular formula is C12H18N2O3. The SMILES string of the molecule is COCCONC(=O)C(N)c1ccc(C)cc1. The molecule has 5 heteroatoms. The smallest absolute Gasteiger partial charge is 0.265 e. The van der Waals surface area contributed by atoms with Gasteiger partial charge in [0.2, 0.25) is 0 Å². The van der Waals surface area contributed by atoms with Crippen LogP contribution in [0.4, 0.5) is 0 Å². The van der Waals surface area contributed by atoms with E-state index in [0.717, 1.165) is 11.1 Å². The second kappa shape index (κ2) is 7.01. The van der Waals surface area contributed by atoms with Gasteiger partial charge in [-0.05, 0) is 12.5 Å². The van der Waals surface area contributed by atoms with E-state index >= 15 is 0 Å². The van der Waals surface area contributed by atoms with Crippen molar-refractivity contribution in [2.45, 2.75) is 13.0 Å². The molecule has 0 saturated heterocycles. The number of ether oxygens (including phenoxy) is 1. The maximum absolute atomic E-state index is 11.6. The molecule has 1 atom stereocenters. The van der Waals surface area contributed by atoms with Crippen molar-refractivity contribution in [3.05, 3.63) is 35.4 Å². The van der Waals surface area contributed by atoms with Crippen LogP contribution in [-0.2, 0) is 14.4 Å². The lowest BCUT2D eigenvalue weighted by Crippen LogP contribution is -2.34. The van der Waals surface area contributed by atoms with Gasteiger partial charge in [0.25, 0.3) is 5.91 Å². The van der Waals surface area contributed by atoms with Gasteiger partial charge in [-0.1, -0.05) is 29.8 Å². The van der Waals surface area contributed by atoms with Gasteiger partial charge < -0.3 is 10.5 Å². The summed E-state index contributed by atoms with van der Waals surface area (Å²) in [6.45, 7) is 2.69. The Balaban J connectivity index is 2.43. The first kappa shape index (κ1) is 13.6. The van der Waals surface area contributed by atoms with E-state index in [9.17, 15) is 4.79 Å². The first-order valence-corrected chi connectivity index (χ1v) is 5.38. The minimum atomic E-state index is -0.724. The second-order valence-electron chi connectivity index (χ2n) is 3.70. The van der Waals surface area contributed by atoms with Crippen LogP contribution >= 0.6 is 0 Å². The fourth-order valence-electron chi connectivity index (χ4n) is 1.24. The molecule has 1 aromatic carbocycles. The number of methoxy groups -OCH3 is 1. The van der Waals surface area contributed by atoms with E-state index in [1.165, 1.54) is 0 Å². The van der Waals surface area contributed by atoms with Crippen LogP contribution in [0.5, 0.6) is 0 Å². The molecule has 0 radical (unpaired) electrons. The Morgan fingerprint density at radius 3 is 2.59 bits per heavy atom. The van der Waals surface area contributed by atoms with E-state index in [2.05, 4.69) is 5.48 Å². The van der Waals surface area contributed by atoms with Gasteiger partial charge in [-0.3, -0.25) is 9.63 Å². The first-order chi connectivity index (χ1) is 8.15. The maximum Gasteiger partial charge on any atom is 0.265 e. The number of rotatable bonds is 6. The molecule has 0 saturated carbocycles. The average Bonchev–Trinajstić information content (AvgIpc) is 2.34. The Bertz CT molecular complexity index is 351. The average molecular weight is 238 g/mol. The van der Waals surface area contributed by atoms with E-state index in [1.54, 1.807) is 7.11 Å². The molecule has 0 spiro atoms. The molecule has 0 aliphatic carbocycles. The van der Waals surface area contributed by atoms with E-state index < -0.39 is 6.04 Å². The fourth-order valence-corrected chi connectivity index (χ4v) is 1.24. The summed E-state index contributed by atoms with van der Waals surface area (Å²) in [5.74, 6) is -0.370. The van der Waals surface area contributed by atoms with Crippen LogP contribution in [-0.4, -0.2) is 26.2 Å². The Morgan fingerprint density at radius 1 is 1.35 bits per heavy atom. The van der Waals surface area contributed by atoms with Crippen molar-refractivity contribution in [3.63, 3.8) is 0 Å². The first-order valence-electron chi connectivity index (χ1n) is 5.38. The highest BCUT2D eigenvalue weighted by molar-refractivity contribution is 5.81. The Morgan fingerprint density at radius 2 is 2.00 bits per heavy atom. The summed E-state index contributed by atoms with van der Waals surface area (Å²) in [4.78, 5) is 16.5. The number of amides is 1. The van der Waals surface area contributed by atoms with Gasteiger partial charge in [-0.2, -0.15) is 0 Å². The summed E-state index contributed by atoms with van der Waals surface area (Å²) in [7, 11) is 1.56. The number of aryl methyl sites for hydroxylation is 1. The number of carbonyl (C=O) groups is 1. The van der Waals surface area contributed by atoms with Crippen LogP contribution in [0.1, 0.15) is 17.2 Å². The van der Waals surface area contributed by atoms with Crippen LogP contribution in [0.25, 0.3) is 0 Å². The molecule has 94 valence electrons. The fraction of sp³-hybridized carbons (Fsp3) is 0.417. The highest BCUT2D eigenvalue weighted by atomic mass is 16.7. The second-order valence-corrected chi connectivity index (χ2v) is 3.70. The van der Waals surface area contributed by atoms with Crippen molar-refractivity contribution in [2.24, 2.45) is 5.73 Å². The Kier molecular flexibility index (Phi) is 5.62. The quantitative estimate of drug-likeness (QED) is 0.565. The number of hydrogen-bond acceptors (Lipinski definition) is 4. The number of hydroxylamine groups is 1. The van der Waals surface area contributed by atoms with Gasteiger partial charge in [0, 0.05) is 7.11 Å². The van der Waals surface area contributed by atoms with Gasteiger partial charge in [0.15, 0.2) is 0 Å². The topological polar surface area (TPSA) is 73.6 Å². The highest BCUT2D eigenvalue weighted by Crippen LogP contribution is 2.11. The molecule has 3 N–H and O–H groups in total. The number of carbonyl (C=O) groups excluding carboxylic acids is 1. The van der Waals surface area contributed by atoms with E-state index in [4.69, 9.17) is 15.3 Å². The lowest BCUT2D eigenvalue weighted by Gasteiger charge is -2.12. The third kappa shape index (κ3) is 4.52. The zero-order valence-corrected chi connectivity index (χ0v) is 10.1. The van der Waals surface area contributed by atoms with Crippen molar-refractivity contribution in [3.8, 4) is 0 Å². The predicted molar refractivity (Wildman–Crippen MR) is 64.1 cm³/mol. The molecule has 1 amide bonds. The van der Waals surface area contributed by atoms with Crippen molar-refractivity contribution in [1.82, 2.24) is 5.48 Å². The van der Waals surface area contributed by atoms with Crippen LogP contribution in [0.3, 0.4) is 0 Å². The minimum absolute atomic E-state index is 0.295. The molecule has 0 fully saturated rings. The summed E-state index contributed by atoms with van der Waals surface area (Å²) in [6, 6.07) is 6.75. The highest BCUT2D eigenvalue weighted by Gasteiger charge is 2.15. The zero-order valence-electron chi connectivity index (χ0n) is 10.1. The molecule has 0 bridgehead atoms. The summed E-state index contributed by atoms with van der Waals surface area (Å²) in [5, 5.41) is 0. The predicted octanol–water partition coefficient (Wildman–Crippen LogP) is 0.689. The van der Waals surface area contributed by atoms with Crippen LogP contribution in [0.15, 0.2) is 24.3 Å². The number of hydrogen-bond donors (Lipinski definition) is 2. The van der Waals surface area contributed by atoms with Gasteiger partial charge in [-0.15, -0.1) is 0 Å². The molecule has 0 heterocycles. The maximum atomic E-state index is 11.6. The third-order valence-corrected chi connectivity index (χ3v) is 2.28. The molecule has 0 aliphatic rings. The molecule has 1 rings (SSSR count). The molecule has 5 nitrogen and oxygen atoms in total. The summed E-state index contributed by atoms with van der Waals surface area (Å²) < 4.78 is 4.77. The summed E-state index contributed by atoms with van der Waals surface area (Å²) in [5.41, 5.74) is 9.94. The van der Waals surface area contributed by atoms with Gasteiger partial charge in [0.1, 0.15) is 6.04 Å². The van der Waals surface area contributed by atoms with Crippen molar-refractivity contribution < 1.29 is 14.4 Å². The largest absolute Gasteiger partial charge is 0.382 e. The Hall–Kier alpha value is -1.43. The molecule has 1 unspecified atom stereocenters. The lowest BCUT2D eigenvalue weighted by molar-refractivity contribution is -0.136. The van der Waals surface area contributed by atoms with Crippen molar-refractivity contribution in [2.75, 3.05) is 20.3 Å². The van der Waals surface area contributed by atoms with Crippen molar-refractivity contribution in [1.29, 1.82) is 0 Å². The molecular weight excluding hydrogens is 220 g/mol. The summed E-state index contributed by atoms with van der Waals surface area (Å²) >= 11 is 0. The molecule has 0 aromatic heterocycles. The van der Waals surface area contributed by atoms with E-state index in [-0.39, 0.29) is 5.91 Å².